The van der Waals surface area contributed by atoms with E-state index in [2.05, 4.69) is 13.2 Å². The molecule has 0 heterocycles. The van der Waals surface area contributed by atoms with E-state index < -0.39 is 6.10 Å². The van der Waals surface area contributed by atoms with Crippen molar-refractivity contribution in [3.05, 3.63) is 13.2 Å². The Hall–Kier alpha value is -0.420. The summed E-state index contributed by atoms with van der Waals surface area (Å²) in [5.41, 5.74) is 0. The van der Waals surface area contributed by atoms with Crippen molar-refractivity contribution < 1.29 is 20.8 Å². The molecule has 0 aliphatic heterocycles. The van der Waals surface area contributed by atoms with Crippen LogP contribution in [0.5, 0.6) is 0 Å². The minimum absolute atomic E-state index is 0. The molecule has 0 aromatic carbocycles. The van der Waals surface area contributed by atoms with Gasteiger partial charge in [-0.25, -0.2) is 0 Å². The van der Waals surface area contributed by atoms with Gasteiger partial charge in [-0.05, 0) is 0 Å². The normalized spacial score (nSPS) is 7.11. The van der Waals surface area contributed by atoms with Crippen LogP contribution in [0.4, 0.5) is 0 Å². The van der Waals surface area contributed by atoms with Crippen molar-refractivity contribution >= 4 is 0 Å². The van der Waals surface area contributed by atoms with Crippen LogP contribution >= 0.6 is 0 Å². The van der Waals surface area contributed by atoms with Crippen LogP contribution in [-0.4, -0.2) is 40.1 Å². The van der Waals surface area contributed by atoms with E-state index in [0.29, 0.717) is 0 Å². The van der Waals surface area contributed by atoms with Crippen molar-refractivity contribution in [3.63, 3.8) is 0 Å². The van der Waals surface area contributed by atoms with Crippen molar-refractivity contribution in [3.8, 4) is 0 Å². The molecule has 5 N–H and O–H groups in total. The Labute approximate surface area is 54.4 Å². The number of hydrogen-bond acceptors (Lipinski definition) is 3. The third-order valence-corrected chi connectivity index (χ3v) is 0.421. The van der Waals surface area contributed by atoms with E-state index in [-0.39, 0.29) is 18.7 Å². The van der Waals surface area contributed by atoms with Crippen LogP contribution in [0.2, 0.25) is 0 Å². The maximum Gasteiger partial charge on any atom is 0.100 e. The Morgan fingerprint density at radius 1 is 1.11 bits per heavy atom. The average Bonchev–Trinajstić information content (AvgIpc) is 1.91. The molecule has 9 heavy (non-hydrogen) atoms. The summed E-state index contributed by atoms with van der Waals surface area (Å²) < 4.78 is 0. The zero-order chi connectivity index (χ0) is 6.99. The fourth-order valence-corrected chi connectivity index (χ4v) is 0.0577. The molecule has 0 bridgehead atoms. The molecule has 4 heteroatoms. The summed E-state index contributed by atoms with van der Waals surface area (Å²) >= 11 is 0. The van der Waals surface area contributed by atoms with Crippen LogP contribution in [0, 0.1) is 0 Å². The molecule has 0 rings (SSSR count). The molecule has 0 aliphatic carbocycles. The molecular weight excluding hydrogens is 124 g/mol. The molecule has 58 valence electrons. The molecule has 0 spiro atoms. The smallest absolute Gasteiger partial charge is 0.100 e. The molecule has 0 aromatic rings. The topological polar surface area (TPSA) is 92.2 Å². The van der Waals surface area contributed by atoms with Gasteiger partial charge in [0.2, 0.25) is 0 Å². The van der Waals surface area contributed by atoms with Gasteiger partial charge in [-0.1, -0.05) is 0 Å². The highest BCUT2D eigenvalue weighted by molar-refractivity contribution is 4.43. The van der Waals surface area contributed by atoms with Gasteiger partial charge >= 0.3 is 0 Å². The molecule has 4 nitrogen and oxygen atoms in total. The van der Waals surface area contributed by atoms with Crippen molar-refractivity contribution in [1.29, 1.82) is 0 Å². The number of aliphatic hydroxyl groups excluding tert-OH is 3. The van der Waals surface area contributed by atoms with Gasteiger partial charge in [-0.15, -0.1) is 13.2 Å². The highest BCUT2D eigenvalue weighted by atomic mass is 16.3. The third kappa shape index (κ3) is 18.4. The maximum absolute atomic E-state index is 8.17. The minimum atomic E-state index is -0.954. The Morgan fingerprint density at radius 3 is 1.33 bits per heavy atom. The number of rotatable bonds is 2. The first kappa shape index (κ1) is 15.8. The fourth-order valence-electron chi connectivity index (χ4n) is 0.0577. The number of hydrogen-bond donors (Lipinski definition) is 3. The van der Waals surface area contributed by atoms with E-state index in [0.717, 1.165) is 0 Å². The Kier molecular flexibility index (Phi) is 27.5. The van der Waals surface area contributed by atoms with Crippen LogP contribution in [-0.2, 0) is 0 Å². The summed E-state index contributed by atoms with van der Waals surface area (Å²) in [5, 5.41) is 24.0. The standard InChI is InChI=1S/C3H8O3.C2H4.H2O/c4-1-3(6)2-5;1-2;/h3-6H,1-2H2;1-2H2;1H2. The van der Waals surface area contributed by atoms with Gasteiger partial charge < -0.3 is 20.8 Å². The first-order valence-electron chi connectivity index (χ1n) is 2.21. The molecular formula is C5H14O4. The summed E-state index contributed by atoms with van der Waals surface area (Å²) in [6, 6.07) is 0. The van der Waals surface area contributed by atoms with Crippen molar-refractivity contribution in [2.24, 2.45) is 0 Å². The zero-order valence-corrected chi connectivity index (χ0v) is 5.25. The zero-order valence-electron chi connectivity index (χ0n) is 5.25. The van der Waals surface area contributed by atoms with E-state index in [1.807, 2.05) is 0 Å². The maximum atomic E-state index is 8.17. The lowest BCUT2D eigenvalue weighted by atomic mass is 10.4. The van der Waals surface area contributed by atoms with Crippen LogP contribution in [0.25, 0.3) is 0 Å². The quantitative estimate of drug-likeness (QED) is 0.397. The molecule has 0 atom stereocenters. The molecule has 0 radical (unpaired) electrons. The molecule has 0 saturated heterocycles. The Bertz CT molecular complexity index is 35.9. The van der Waals surface area contributed by atoms with Crippen LogP contribution in [0.1, 0.15) is 0 Å². The lowest BCUT2D eigenvalue weighted by Crippen LogP contribution is -2.15. The van der Waals surface area contributed by atoms with E-state index in [1.54, 1.807) is 0 Å². The van der Waals surface area contributed by atoms with Crippen molar-refractivity contribution in [2.45, 2.75) is 6.10 Å². The van der Waals surface area contributed by atoms with Crippen LogP contribution in [0.3, 0.4) is 0 Å². The minimum Gasteiger partial charge on any atom is -0.412 e. The van der Waals surface area contributed by atoms with Crippen molar-refractivity contribution in [2.75, 3.05) is 13.2 Å². The van der Waals surface area contributed by atoms with Gasteiger partial charge in [-0.3, -0.25) is 0 Å². The molecule has 0 aromatic heterocycles. The summed E-state index contributed by atoms with van der Waals surface area (Å²) in [5.74, 6) is 0. The second kappa shape index (κ2) is 15.6. The second-order valence-electron chi connectivity index (χ2n) is 1.02. The van der Waals surface area contributed by atoms with E-state index in [9.17, 15) is 0 Å². The highest BCUT2D eigenvalue weighted by Crippen LogP contribution is 1.71. The Morgan fingerprint density at radius 2 is 1.33 bits per heavy atom. The van der Waals surface area contributed by atoms with Gasteiger partial charge in [0.15, 0.2) is 0 Å². The van der Waals surface area contributed by atoms with Crippen LogP contribution in [0.15, 0.2) is 13.2 Å². The molecule has 0 unspecified atom stereocenters. The largest absolute Gasteiger partial charge is 0.412 e. The van der Waals surface area contributed by atoms with Gasteiger partial charge in [0.05, 0.1) is 13.2 Å². The third-order valence-electron chi connectivity index (χ3n) is 0.421. The van der Waals surface area contributed by atoms with Gasteiger partial charge in [0.25, 0.3) is 0 Å². The highest BCUT2D eigenvalue weighted by Gasteiger charge is 1.93. The lowest BCUT2D eigenvalue weighted by Gasteiger charge is -1.96. The molecule has 0 amide bonds. The molecule has 0 saturated carbocycles. The second-order valence-corrected chi connectivity index (χ2v) is 1.02. The SMILES string of the molecule is C=C.O.OCC(O)CO. The summed E-state index contributed by atoms with van der Waals surface area (Å²) in [6.45, 7) is 5.27. The van der Waals surface area contributed by atoms with Gasteiger partial charge in [0.1, 0.15) is 6.10 Å². The van der Waals surface area contributed by atoms with Crippen molar-refractivity contribution in [1.82, 2.24) is 0 Å². The summed E-state index contributed by atoms with van der Waals surface area (Å²) in [4.78, 5) is 0. The first-order chi connectivity index (χ1) is 3.81. The predicted octanol–water partition coefficient (Wildman–Crippen LogP) is -1.69. The number of aliphatic hydroxyl groups is 3. The van der Waals surface area contributed by atoms with Gasteiger partial charge in [0, 0.05) is 0 Å². The lowest BCUT2D eigenvalue weighted by molar-refractivity contribution is 0.0450. The molecule has 0 aliphatic rings. The summed E-state index contributed by atoms with van der Waals surface area (Å²) in [7, 11) is 0. The van der Waals surface area contributed by atoms with E-state index >= 15 is 0 Å². The monoisotopic (exact) mass is 138 g/mol. The fraction of sp³-hybridized carbons (Fsp3) is 0.600. The summed E-state index contributed by atoms with van der Waals surface area (Å²) in [6.07, 6.45) is -0.954. The van der Waals surface area contributed by atoms with Gasteiger partial charge in [-0.2, -0.15) is 0 Å². The van der Waals surface area contributed by atoms with E-state index in [4.69, 9.17) is 15.3 Å². The van der Waals surface area contributed by atoms with Crippen LogP contribution < -0.4 is 0 Å². The van der Waals surface area contributed by atoms with E-state index in [1.165, 1.54) is 0 Å². The average molecular weight is 138 g/mol. The molecule has 0 fully saturated rings. The Balaban J connectivity index is -0.000000109. The predicted molar refractivity (Wildman–Crippen MR) is 35.0 cm³/mol. The first-order valence-corrected chi connectivity index (χ1v) is 2.21.